The van der Waals surface area contributed by atoms with Crippen molar-refractivity contribution in [2.24, 2.45) is 0 Å². The summed E-state index contributed by atoms with van der Waals surface area (Å²) in [6.07, 6.45) is 0. The van der Waals surface area contributed by atoms with E-state index in [4.69, 9.17) is 9.93 Å². The topological polar surface area (TPSA) is 54.9 Å². The van der Waals surface area contributed by atoms with E-state index in [0.717, 1.165) is 39.8 Å². The Morgan fingerprint density at radius 1 is 0.320 bits per heavy atom. The van der Waals surface area contributed by atoms with E-state index in [0.29, 0.717) is 33.2 Å². The van der Waals surface area contributed by atoms with Gasteiger partial charge in [-0.2, -0.15) is 0 Å². The maximum atomic E-state index is 7.00. The minimum absolute atomic E-state index is 0.695. The van der Waals surface area contributed by atoms with Crippen LogP contribution in [-0.4, -0.2) is 41.8 Å². The molecule has 1 N–H and O–H groups in total. The first-order valence-corrected chi connectivity index (χ1v) is 38.4. The van der Waals surface area contributed by atoms with E-state index < -0.39 is 32.3 Å². The zero-order chi connectivity index (χ0) is 56.4. The lowest BCUT2D eigenvalue weighted by Gasteiger charge is -2.44. The average molecular weight is 1080 g/mol. The highest BCUT2D eigenvalue weighted by Crippen LogP contribution is 2.46. The molecule has 0 aliphatic rings. The minimum Gasteiger partial charge on any atom is -0.355 e. The second-order valence-corrected chi connectivity index (χ2v) is 50.4. The maximum absolute atomic E-state index is 7.00. The largest absolute Gasteiger partial charge is 0.355 e. The lowest BCUT2D eigenvalue weighted by molar-refractivity contribution is 0.835. The van der Waals surface area contributed by atoms with Crippen molar-refractivity contribution in [3.63, 3.8) is 0 Å². The van der Waals surface area contributed by atoms with Crippen molar-refractivity contribution in [3.05, 3.63) is 119 Å². The zero-order valence-electron chi connectivity index (χ0n) is 51.7. The van der Waals surface area contributed by atoms with Gasteiger partial charge in [0.05, 0.1) is 32.3 Å². The molecule has 0 atom stereocenters. The molecule has 7 aromatic rings. The predicted octanol–water partition coefficient (Wildman–Crippen LogP) is 19.8. The molecule has 75 heavy (non-hydrogen) atoms. The molecular weight excluding hydrogens is 977 g/mol. The summed E-state index contributed by atoms with van der Waals surface area (Å²) in [7, 11) is -6.94. The smallest absolute Gasteiger partial charge is 0.0942 e. The van der Waals surface area contributed by atoms with Crippen molar-refractivity contribution < 1.29 is 0 Å². The van der Waals surface area contributed by atoms with E-state index in [9.17, 15) is 0 Å². The van der Waals surface area contributed by atoms with Crippen LogP contribution < -0.4 is 20.7 Å². The Morgan fingerprint density at radius 3 is 0.813 bits per heavy atom. The Hall–Kier alpha value is -3.83. The van der Waals surface area contributed by atoms with E-state index >= 15 is 0 Å². The number of rotatable bonds is 18. The molecular formula is C67H104N2O2Si4. The summed E-state index contributed by atoms with van der Waals surface area (Å²) in [5.74, 6) is 0. The van der Waals surface area contributed by atoms with Crippen LogP contribution in [0.25, 0.3) is 43.6 Å². The summed E-state index contributed by atoms with van der Waals surface area (Å²) >= 11 is 0. The number of hydrogen-bond acceptors (Lipinski definition) is 2. The van der Waals surface area contributed by atoms with Crippen LogP contribution in [0.2, 0.25) is 66.5 Å². The van der Waals surface area contributed by atoms with Crippen LogP contribution in [0.3, 0.4) is 0 Å². The van der Waals surface area contributed by atoms with Crippen LogP contribution >= 0.6 is 0 Å². The normalized spacial score (nSPS) is 13.3. The molecule has 5 aromatic carbocycles. The third-order valence-corrected chi connectivity index (χ3v) is 48.3. The number of aromatic nitrogens is 2. The molecule has 0 aliphatic heterocycles. The minimum atomic E-state index is -1.78. The zero-order valence-corrected chi connectivity index (χ0v) is 55.7. The first-order valence-electron chi connectivity index (χ1n) is 29.5. The fraction of sp³-hybridized carbons (Fsp3) is 0.552. The number of nitrogens with zero attached hydrogens (tertiary/aromatic N) is 1. The van der Waals surface area contributed by atoms with Gasteiger partial charge in [0.25, 0.3) is 0 Å². The van der Waals surface area contributed by atoms with Crippen LogP contribution in [0.4, 0.5) is 0 Å². The fourth-order valence-electron chi connectivity index (χ4n) is 18.0. The van der Waals surface area contributed by atoms with Crippen LogP contribution in [0.5, 0.6) is 0 Å². The number of aromatic amines is 1. The van der Waals surface area contributed by atoms with Crippen LogP contribution in [0, 0.1) is 9.93 Å². The molecule has 0 saturated heterocycles. The van der Waals surface area contributed by atoms with Gasteiger partial charge in [-0.15, -0.1) is 0 Å². The molecule has 4 nitrogen and oxygen atoms in total. The van der Waals surface area contributed by atoms with E-state index in [1.54, 1.807) is 20.7 Å². The molecule has 2 aromatic heterocycles. The van der Waals surface area contributed by atoms with Crippen molar-refractivity contribution in [1.82, 2.24) is 9.55 Å². The van der Waals surface area contributed by atoms with Gasteiger partial charge >= 0.3 is 0 Å². The van der Waals surface area contributed by atoms with Crippen LogP contribution in [-0.2, 0) is 6.54 Å². The average Bonchev–Trinajstić information content (AvgIpc) is 3.83. The Bertz CT molecular complexity index is 2710. The van der Waals surface area contributed by atoms with Crippen molar-refractivity contribution in [1.29, 1.82) is 0 Å². The lowest BCUT2D eigenvalue weighted by Crippen LogP contribution is -2.55. The fourth-order valence-corrected chi connectivity index (χ4v) is 45.1. The molecule has 2 heterocycles. The molecule has 0 unspecified atom stereocenters. The maximum Gasteiger partial charge on any atom is 0.0942 e. The van der Waals surface area contributed by atoms with Gasteiger partial charge in [-0.05, 0) is 96.3 Å². The monoisotopic (exact) mass is 1080 g/mol. The molecule has 0 amide bonds. The summed E-state index contributed by atoms with van der Waals surface area (Å²) in [5, 5.41) is 12.4. The number of nitrogens with one attached hydrogen (secondary N) is 1. The van der Waals surface area contributed by atoms with Crippen LogP contribution in [0.15, 0.2) is 103 Å². The predicted molar refractivity (Wildman–Crippen MR) is 350 cm³/mol. The summed E-state index contributed by atoms with van der Waals surface area (Å²) in [4.78, 5) is 17.7. The van der Waals surface area contributed by atoms with Gasteiger partial charge in [-0.1, -0.05) is 266 Å². The third-order valence-electron chi connectivity index (χ3n) is 20.1. The quantitative estimate of drug-likeness (QED) is 0.0871. The van der Waals surface area contributed by atoms with Crippen molar-refractivity contribution in [2.75, 3.05) is 0 Å². The van der Waals surface area contributed by atoms with E-state index in [2.05, 4.69) is 279 Å². The Morgan fingerprint density at radius 2 is 0.560 bits per heavy atom. The Balaban J connectivity index is 0.000000273. The SMILES string of the molecule is CC(C)[Si](c1ccc2[nH]c3ccc([Si](C(C)C)(C(C)C)C(C)C)cc3c2c1)(C(C)C)C(C)C.CC(C)[Si](c1ccc2c(c1)c1cc([Si](C(C)C)(C(C)C)C(C)C)ccc1n2Cc1ccccc1)(C(C)C)C(C)C.O=O. The number of H-pyrrole nitrogens is 1. The van der Waals surface area contributed by atoms with Crippen LogP contribution in [0.1, 0.15) is 172 Å². The Kier molecular flexibility index (Phi) is 20.2. The van der Waals surface area contributed by atoms with Gasteiger partial charge in [0.1, 0.15) is 0 Å². The molecule has 0 fully saturated rings. The second kappa shape index (κ2) is 24.5. The third kappa shape index (κ3) is 10.5. The van der Waals surface area contributed by atoms with E-state index in [1.807, 2.05) is 0 Å². The van der Waals surface area contributed by atoms with Gasteiger partial charge < -0.3 is 9.55 Å². The molecule has 0 radical (unpaired) electrons. The highest BCUT2D eigenvalue weighted by Gasteiger charge is 2.48. The summed E-state index contributed by atoms with van der Waals surface area (Å²) in [5.41, 5.74) is 15.2. The molecule has 0 saturated carbocycles. The first-order chi connectivity index (χ1) is 35.1. The van der Waals surface area contributed by atoms with Crippen molar-refractivity contribution >= 4 is 96.7 Å². The summed E-state index contributed by atoms with van der Waals surface area (Å²) in [6.45, 7) is 60.4. The highest BCUT2D eigenvalue weighted by atomic mass is 28.3. The number of fused-ring (bicyclic) bond motifs is 6. The number of hydrogen-bond donors (Lipinski definition) is 1. The summed E-state index contributed by atoms with van der Waals surface area (Å²) < 4.78 is 2.58. The van der Waals surface area contributed by atoms with Gasteiger partial charge in [0, 0.05) is 60.1 Å². The summed E-state index contributed by atoms with van der Waals surface area (Å²) in [6, 6.07) is 41.1. The van der Waals surface area contributed by atoms with Gasteiger partial charge in [-0.3, -0.25) is 0 Å². The van der Waals surface area contributed by atoms with Crippen molar-refractivity contribution in [2.45, 2.75) is 239 Å². The first kappa shape index (κ1) is 62.0. The molecule has 0 spiro atoms. The van der Waals surface area contributed by atoms with Crippen molar-refractivity contribution in [3.8, 4) is 0 Å². The molecule has 410 valence electrons. The molecule has 0 bridgehead atoms. The highest BCUT2D eigenvalue weighted by molar-refractivity contribution is 6.97. The molecule has 7 rings (SSSR count). The van der Waals surface area contributed by atoms with E-state index in [-0.39, 0.29) is 0 Å². The van der Waals surface area contributed by atoms with E-state index in [1.165, 1.54) is 49.2 Å². The van der Waals surface area contributed by atoms with Gasteiger partial charge in [0.2, 0.25) is 0 Å². The molecule has 0 aliphatic carbocycles. The van der Waals surface area contributed by atoms with Gasteiger partial charge in [-0.25, -0.2) is 0 Å². The Labute approximate surface area is 461 Å². The van der Waals surface area contributed by atoms with Gasteiger partial charge in [0.15, 0.2) is 0 Å². The number of benzene rings is 5. The molecule has 8 heteroatoms. The lowest BCUT2D eigenvalue weighted by atomic mass is 10.1. The second-order valence-electron chi connectivity index (χ2n) is 26.8. The standard InChI is InChI=1S/C37H55NSi2.C30H49NSi2.O2/c1-25(2)39(26(3)4,27(5)6)32-18-20-36-34(22-32)35-23-33(40(28(7)8,29(9)10)30(11)12)19-21-37(35)38(36)24-31-16-14-13-15-17-31;1-19(2)32(20(3)4,21(5)6)25-13-15-29-27(17-25)28-18-26(14-16-30(28)31-29)33(22(7)8,23(9)10)24(11)12;1-2/h13-23,25-30H,24H2,1-12H3;13-24,31H,1-12H3;.